The molecular weight excluding hydrogens is 358 g/mol. The quantitative estimate of drug-likeness (QED) is 0.664. The van der Waals surface area contributed by atoms with Crippen molar-refractivity contribution >= 4 is 16.9 Å². The molecule has 1 aliphatic rings. The molecule has 152 valence electrons. The fraction of sp³-hybridized carbons (Fsp3) is 0.600. The predicted molar refractivity (Wildman–Crippen MR) is 109 cm³/mol. The largest absolute Gasteiger partial charge is 0.352 e. The average Bonchev–Trinajstić information content (AvgIpc) is 3.17. The number of aryl methyl sites for hydroxylation is 1. The first-order chi connectivity index (χ1) is 13.4. The molecule has 1 unspecified atom stereocenters. The number of hydrogen-bond donors (Lipinski definition) is 3. The summed E-state index contributed by atoms with van der Waals surface area (Å²) in [6.07, 6.45) is 2.73. The average molecular weight is 387 g/mol. The molecule has 2 aromatic heterocycles. The molecular formula is C20H29N5O3. The van der Waals surface area contributed by atoms with E-state index < -0.39 is 11.2 Å². The fourth-order valence-electron chi connectivity index (χ4n) is 3.65. The monoisotopic (exact) mass is 387 g/mol. The Labute approximate surface area is 163 Å². The SMILES string of the molecule is CCCn1c(=O)[nH]c(=O)c2c(C(=O)NCCC3CCNC3)cc(C(C)C)nc21. The summed E-state index contributed by atoms with van der Waals surface area (Å²) < 4.78 is 1.45. The van der Waals surface area contributed by atoms with Crippen LogP contribution >= 0.6 is 0 Å². The maximum atomic E-state index is 12.9. The summed E-state index contributed by atoms with van der Waals surface area (Å²) in [5, 5.41) is 6.44. The molecule has 2 aromatic rings. The van der Waals surface area contributed by atoms with Gasteiger partial charge in [0.1, 0.15) is 0 Å². The van der Waals surface area contributed by atoms with Crippen LogP contribution in [0.5, 0.6) is 0 Å². The third kappa shape index (κ3) is 4.16. The van der Waals surface area contributed by atoms with E-state index in [4.69, 9.17) is 0 Å². The second kappa shape index (κ2) is 8.68. The number of rotatable bonds is 7. The summed E-state index contributed by atoms with van der Waals surface area (Å²) in [6, 6.07) is 1.68. The molecule has 3 N–H and O–H groups in total. The van der Waals surface area contributed by atoms with Crippen LogP contribution in [0.15, 0.2) is 15.7 Å². The van der Waals surface area contributed by atoms with Crippen LogP contribution in [0.25, 0.3) is 11.0 Å². The van der Waals surface area contributed by atoms with Gasteiger partial charge in [0.25, 0.3) is 11.5 Å². The summed E-state index contributed by atoms with van der Waals surface area (Å²) >= 11 is 0. The summed E-state index contributed by atoms with van der Waals surface area (Å²) in [6.45, 7) is 8.87. The van der Waals surface area contributed by atoms with Crippen LogP contribution in [0.3, 0.4) is 0 Å². The molecule has 3 heterocycles. The molecule has 8 heteroatoms. The first-order valence-corrected chi connectivity index (χ1v) is 10.1. The fourth-order valence-corrected chi connectivity index (χ4v) is 3.65. The predicted octanol–water partition coefficient (Wildman–Crippen LogP) is 1.35. The van der Waals surface area contributed by atoms with Gasteiger partial charge in [-0.15, -0.1) is 0 Å². The molecule has 3 rings (SSSR count). The lowest BCUT2D eigenvalue weighted by atomic mass is 10.0. The van der Waals surface area contributed by atoms with Gasteiger partial charge < -0.3 is 10.6 Å². The van der Waals surface area contributed by atoms with Crippen molar-refractivity contribution in [3.8, 4) is 0 Å². The molecule has 8 nitrogen and oxygen atoms in total. The maximum absolute atomic E-state index is 12.9. The van der Waals surface area contributed by atoms with Crippen LogP contribution in [0.4, 0.5) is 0 Å². The van der Waals surface area contributed by atoms with Crippen molar-refractivity contribution in [3.05, 3.63) is 38.2 Å². The minimum Gasteiger partial charge on any atom is -0.352 e. The third-order valence-corrected chi connectivity index (χ3v) is 5.25. The number of nitrogens with zero attached hydrogens (tertiary/aromatic N) is 2. The summed E-state index contributed by atoms with van der Waals surface area (Å²) in [5.41, 5.74) is 0.192. The molecule has 0 radical (unpaired) electrons. The van der Waals surface area contributed by atoms with Gasteiger partial charge in [-0.3, -0.25) is 19.1 Å². The second-order valence-electron chi connectivity index (χ2n) is 7.76. The number of aromatic nitrogens is 3. The first-order valence-electron chi connectivity index (χ1n) is 10.1. The zero-order valence-electron chi connectivity index (χ0n) is 16.8. The van der Waals surface area contributed by atoms with E-state index in [1.54, 1.807) is 6.07 Å². The number of fused-ring (bicyclic) bond motifs is 1. The van der Waals surface area contributed by atoms with E-state index in [2.05, 4.69) is 20.6 Å². The minimum atomic E-state index is -0.569. The van der Waals surface area contributed by atoms with Gasteiger partial charge in [0.2, 0.25) is 0 Å². The van der Waals surface area contributed by atoms with Gasteiger partial charge >= 0.3 is 5.69 Å². The van der Waals surface area contributed by atoms with E-state index in [0.29, 0.717) is 31.1 Å². The van der Waals surface area contributed by atoms with E-state index in [1.807, 2.05) is 20.8 Å². The molecule has 1 atom stereocenters. The van der Waals surface area contributed by atoms with Crippen molar-refractivity contribution in [1.29, 1.82) is 0 Å². The Bertz CT molecular complexity index is 970. The lowest BCUT2D eigenvalue weighted by Gasteiger charge is -2.15. The van der Waals surface area contributed by atoms with Gasteiger partial charge in [-0.05, 0) is 50.3 Å². The zero-order valence-corrected chi connectivity index (χ0v) is 16.8. The molecule has 0 aromatic carbocycles. The van der Waals surface area contributed by atoms with Crippen LogP contribution in [-0.2, 0) is 6.54 Å². The Balaban J connectivity index is 2.01. The highest BCUT2D eigenvalue weighted by Crippen LogP contribution is 2.20. The van der Waals surface area contributed by atoms with Crippen LogP contribution in [0.1, 0.15) is 62.0 Å². The Hall–Kier alpha value is -2.48. The van der Waals surface area contributed by atoms with E-state index in [1.165, 1.54) is 4.57 Å². The number of carbonyl (C=O) groups excluding carboxylic acids is 1. The van der Waals surface area contributed by atoms with Gasteiger partial charge in [0.05, 0.1) is 10.9 Å². The van der Waals surface area contributed by atoms with Crippen molar-refractivity contribution in [2.75, 3.05) is 19.6 Å². The van der Waals surface area contributed by atoms with Crippen molar-refractivity contribution in [3.63, 3.8) is 0 Å². The number of amides is 1. The molecule has 1 amide bonds. The van der Waals surface area contributed by atoms with Crippen molar-refractivity contribution in [2.24, 2.45) is 5.92 Å². The van der Waals surface area contributed by atoms with Gasteiger partial charge in [0.15, 0.2) is 5.65 Å². The summed E-state index contributed by atoms with van der Waals surface area (Å²) in [7, 11) is 0. The van der Waals surface area contributed by atoms with Crippen molar-refractivity contribution in [2.45, 2.75) is 52.5 Å². The van der Waals surface area contributed by atoms with Gasteiger partial charge in [-0.2, -0.15) is 0 Å². The number of aromatic amines is 1. The van der Waals surface area contributed by atoms with Gasteiger partial charge in [-0.25, -0.2) is 9.78 Å². The van der Waals surface area contributed by atoms with Crippen LogP contribution in [0, 0.1) is 5.92 Å². The van der Waals surface area contributed by atoms with E-state index in [9.17, 15) is 14.4 Å². The number of nitrogens with one attached hydrogen (secondary N) is 3. The highest BCUT2D eigenvalue weighted by atomic mass is 16.2. The molecule has 1 aliphatic heterocycles. The number of hydrogen-bond acceptors (Lipinski definition) is 5. The minimum absolute atomic E-state index is 0.0602. The second-order valence-corrected chi connectivity index (χ2v) is 7.76. The normalized spacial score (nSPS) is 16.8. The van der Waals surface area contributed by atoms with Crippen molar-refractivity contribution < 1.29 is 4.79 Å². The maximum Gasteiger partial charge on any atom is 0.329 e. The van der Waals surface area contributed by atoms with Crippen LogP contribution < -0.4 is 21.9 Å². The topological polar surface area (TPSA) is 109 Å². The summed E-state index contributed by atoms with van der Waals surface area (Å²) in [5.74, 6) is 0.330. The van der Waals surface area contributed by atoms with E-state index in [-0.39, 0.29) is 28.4 Å². The zero-order chi connectivity index (χ0) is 20.3. The molecule has 28 heavy (non-hydrogen) atoms. The van der Waals surface area contributed by atoms with Crippen LogP contribution in [-0.4, -0.2) is 40.1 Å². The Morgan fingerprint density at radius 2 is 2.18 bits per heavy atom. The Kier molecular flexibility index (Phi) is 6.28. The Morgan fingerprint density at radius 1 is 1.39 bits per heavy atom. The number of carbonyl (C=O) groups is 1. The number of pyridine rings is 1. The van der Waals surface area contributed by atoms with E-state index in [0.717, 1.165) is 25.9 Å². The van der Waals surface area contributed by atoms with Crippen molar-refractivity contribution in [1.82, 2.24) is 25.2 Å². The molecule has 0 aliphatic carbocycles. The number of H-pyrrole nitrogens is 1. The Morgan fingerprint density at radius 3 is 2.82 bits per heavy atom. The molecule has 1 fully saturated rings. The van der Waals surface area contributed by atoms with Crippen LogP contribution in [0.2, 0.25) is 0 Å². The third-order valence-electron chi connectivity index (χ3n) is 5.25. The smallest absolute Gasteiger partial charge is 0.329 e. The standard InChI is InChI=1S/C20H29N5O3/c1-4-9-25-17-16(19(27)24-20(25)28)14(10-15(23-17)12(2)3)18(26)22-8-6-13-5-7-21-11-13/h10,12-13,21H,4-9,11H2,1-3H3,(H,22,26)(H,24,27,28). The molecule has 0 saturated carbocycles. The lowest BCUT2D eigenvalue weighted by molar-refractivity contribution is 0.0953. The molecule has 0 spiro atoms. The van der Waals surface area contributed by atoms with Gasteiger partial charge in [-0.1, -0.05) is 20.8 Å². The lowest BCUT2D eigenvalue weighted by Crippen LogP contribution is -2.34. The highest BCUT2D eigenvalue weighted by Gasteiger charge is 2.21. The highest BCUT2D eigenvalue weighted by molar-refractivity contribution is 6.05. The first kappa shape index (κ1) is 20.3. The molecule has 0 bridgehead atoms. The molecule has 1 saturated heterocycles. The van der Waals surface area contributed by atoms with E-state index >= 15 is 0 Å². The van der Waals surface area contributed by atoms with Gasteiger partial charge in [0, 0.05) is 18.8 Å². The summed E-state index contributed by atoms with van der Waals surface area (Å²) in [4.78, 5) is 44.6.